The van der Waals surface area contributed by atoms with Crippen molar-refractivity contribution in [3.63, 3.8) is 0 Å². The molecule has 5 nitrogen and oxygen atoms in total. The summed E-state index contributed by atoms with van der Waals surface area (Å²) in [6.45, 7) is 1.55. The van der Waals surface area contributed by atoms with Crippen LogP contribution in [0.3, 0.4) is 0 Å². The van der Waals surface area contributed by atoms with Crippen molar-refractivity contribution in [1.29, 1.82) is 0 Å². The molecule has 3 atom stereocenters. The van der Waals surface area contributed by atoms with Gasteiger partial charge in [0.1, 0.15) is 5.75 Å². The lowest BCUT2D eigenvalue weighted by Crippen LogP contribution is -2.32. The van der Waals surface area contributed by atoms with Crippen molar-refractivity contribution in [2.75, 3.05) is 13.1 Å². The van der Waals surface area contributed by atoms with E-state index in [1.54, 1.807) is 6.07 Å². The van der Waals surface area contributed by atoms with Crippen LogP contribution < -0.4 is 5.73 Å². The molecule has 1 aromatic heterocycles. The number of nitrogens with two attached hydrogens (primary N) is 1. The second kappa shape index (κ2) is 4.81. The predicted octanol–water partition coefficient (Wildman–Crippen LogP) is 0.987. The molecule has 0 radical (unpaired) electrons. The molecule has 1 unspecified atom stereocenters. The number of amides is 1. The van der Waals surface area contributed by atoms with Crippen LogP contribution in [-0.2, 0) is 0 Å². The first-order chi connectivity index (χ1) is 9.15. The second-order valence-corrected chi connectivity index (χ2v) is 5.70. The molecule has 2 heterocycles. The number of aromatic nitrogens is 1. The predicted molar refractivity (Wildman–Crippen MR) is 70.6 cm³/mol. The highest BCUT2D eigenvalue weighted by Crippen LogP contribution is 2.36. The van der Waals surface area contributed by atoms with E-state index in [4.69, 9.17) is 5.73 Å². The summed E-state index contributed by atoms with van der Waals surface area (Å²) in [7, 11) is 0. The Labute approximate surface area is 112 Å². The van der Waals surface area contributed by atoms with Crippen LogP contribution in [0.2, 0.25) is 0 Å². The van der Waals surface area contributed by atoms with Gasteiger partial charge in [0.05, 0.1) is 11.8 Å². The molecule has 1 saturated heterocycles. The topological polar surface area (TPSA) is 79.5 Å². The largest absolute Gasteiger partial charge is 0.505 e. The molecule has 3 N–H and O–H groups in total. The van der Waals surface area contributed by atoms with Crippen LogP contribution in [0.1, 0.15) is 29.6 Å². The van der Waals surface area contributed by atoms with Crippen molar-refractivity contribution in [3.8, 4) is 5.75 Å². The maximum Gasteiger partial charge on any atom is 0.257 e. The van der Waals surface area contributed by atoms with E-state index in [0.29, 0.717) is 17.4 Å². The zero-order valence-corrected chi connectivity index (χ0v) is 10.8. The SMILES string of the molecule is NC1CC[C@@H]2CN(C(=O)c3ccncc3O)C[C@@H]2C1. The summed E-state index contributed by atoms with van der Waals surface area (Å²) >= 11 is 0. The van der Waals surface area contributed by atoms with Gasteiger partial charge >= 0.3 is 0 Å². The van der Waals surface area contributed by atoms with Crippen LogP contribution >= 0.6 is 0 Å². The van der Waals surface area contributed by atoms with Crippen molar-refractivity contribution in [2.45, 2.75) is 25.3 Å². The molecule has 1 aromatic rings. The third-order valence-electron chi connectivity index (χ3n) is 4.41. The Kier molecular flexibility index (Phi) is 3.14. The number of aromatic hydroxyl groups is 1. The molecule has 1 aliphatic heterocycles. The quantitative estimate of drug-likeness (QED) is 0.790. The number of likely N-dealkylation sites (tertiary alicyclic amines) is 1. The van der Waals surface area contributed by atoms with Crippen LogP contribution in [-0.4, -0.2) is 40.0 Å². The van der Waals surface area contributed by atoms with E-state index in [9.17, 15) is 9.90 Å². The zero-order chi connectivity index (χ0) is 13.4. The lowest BCUT2D eigenvalue weighted by Gasteiger charge is -2.27. The lowest BCUT2D eigenvalue weighted by atomic mass is 9.79. The Morgan fingerprint density at radius 2 is 2.16 bits per heavy atom. The number of carbonyl (C=O) groups is 1. The van der Waals surface area contributed by atoms with E-state index >= 15 is 0 Å². The van der Waals surface area contributed by atoms with Crippen LogP contribution in [0.5, 0.6) is 5.75 Å². The first kappa shape index (κ1) is 12.4. The van der Waals surface area contributed by atoms with Crippen LogP contribution in [0.15, 0.2) is 18.5 Å². The molecule has 2 fully saturated rings. The van der Waals surface area contributed by atoms with Gasteiger partial charge in [0.2, 0.25) is 0 Å². The summed E-state index contributed by atoms with van der Waals surface area (Å²) in [5, 5.41) is 9.71. The van der Waals surface area contributed by atoms with Crippen molar-refractivity contribution in [1.82, 2.24) is 9.88 Å². The number of carbonyl (C=O) groups excluding carboxylic acids is 1. The average molecular weight is 261 g/mol. The molecule has 0 bridgehead atoms. The fourth-order valence-electron chi connectivity index (χ4n) is 3.37. The molecule has 19 heavy (non-hydrogen) atoms. The Bertz CT molecular complexity index is 491. The Morgan fingerprint density at radius 1 is 1.37 bits per heavy atom. The maximum atomic E-state index is 12.4. The number of fused-ring (bicyclic) bond motifs is 1. The van der Waals surface area contributed by atoms with Gasteiger partial charge in [-0.1, -0.05) is 0 Å². The van der Waals surface area contributed by atoms with E-state index in [1.165, 1.54) is 12.4 Å². The van der Waals surface area contributed by atoms with E-state index in [1.807, 2.05) is 4.90 Å². The first-order valence-corrected chi connectivity index (χ1v) is 6.83. The summed E-state index contributed by atoms with van der Waals surface area (Å²) < 4.78 is 0. The number of rotatable bonds is 1. The molecule has 102 valence electrons. The smallest absolute Gasteiger partial charge is 0.257 e. The van der Waals surface area contributed by atoms with Crippen LogP contribution in [0.25, 0.3) is 0 Å². The molecule has 5 heteroatoms. The van der Waals surface area contributed by atoms with Crippen molar-refractivity contribution in [3.05, 3.63) is 24.0 Å². The van der Waals surface area contributed by atoms with Gasteiger partial charge in [0.15, 0.2) is 0 Å². The molecule has 0 aromatic carbocycles. The number of nitrogens with zero attached hydrogens (tertiary/aromatic N) is 2. The third kappa shape index (κ3) is 2.30. The summed E-state index contributed by atoms with van der Waals surface area (Å²) in [6, 6.07) is 1.86. The van der Waals surface area contributed by atoms with Gasteiger partial charge < -0.3 is 15.7 Å². The fourth-order valence-corrected chi connectivity index (χ4v) is 3.37. The second-order valence-electron chi connectivity index (χ2n) is 5.70. The summed E-state index contributed by atoms with van der Waals surface area (Å²) in [5.74, 6) is 0.964. The van der Waals surface area contributed by atoms with Crippen LogP contribution in [0.4, 0.5) is 0 Å². The summed E-state index contributed by atoms with van der Waals surface area (Å²) in [4.78, 5) is 18.0. The standard InChI is InChI=1S/C14H19N3O2/c15-11-2-1-9-7-17(8-10(9)5-11)14(19)12-3-4-16-6-13(12)18/h3-4,6,9-11,18H,1-2,5,7-8,15H2/t9-,10+,11?/m1/s1. The number of hydrogen-bond acceptors (Lipinski definition) is 4. The summed E-state index contributed by atoms with van der Waals surface area (Å²) in [5.41, 5.74) is 6.34. The number of pyridine rings is 1. The van der Waals surface area contributed by atoms with E-state index < -0.39 is 0 Å². The normalized spacial score (nSPS) is 30.2. The minimum absolute atomic E-state index is 0.0425. The minimum atomic E-state index is -0.0946. The molecule has 3 rings (SSSR count). The monoisotopic (exact) mass is 261 g/mol. The molecule has 1 amide bonds. The van der Waals surface area contributed by atoms with Gasteiger partial charge in [-0.25, -0.2) is 0 Å². The first-order valence-electron chi connectivity index (χ1n) is 6.83. The minimum Gasteiger partial charge on any atom is -0.505 e. The molecular weight excluding hydrogens is 242 g/mol. The highest BCUT2D eigenvalue weighted by molar-refractivity contribution is 5.96. The average Bonchev–Trinajstić information content (AvgIpc) is 2.81. The van der Waals surface area contributed by atoms with E-state index in [-0.39, 0.29) is 17.7 Å². The zero-order valence-electron chi connectivity index (χ0n) is 10.8. The molecule has 2 aliphatic rings. The Morgan fingerprint density at radius 3 is 2.95 bits per heavy atom. The molecular formula is C14H19N3O2. The van der Waals surface area contributed by atoms with Crippen LogP contribution in [0, 0.1) is 11.8 Å². The van der Waals surface area contributed by atoms with Gasteiger partial charge in [0, 0.05) is 25.3 Å². The highest BCUT2D eigenvalue weighted by Gasteiger charge is 2.39. The third-order valence-corrected chi connectivity index (χ3v) is 4.41. The van der Waals surface area contributed by atoms with E-state index in [0.717, 1.165) is 32.4 Å². The van der Waals surface area contributed by atoms with Gasteiger partial charge in [0.25, 0.3) is 5.91 Å². The Balaban J connectivity index is 1.74. The van der Waals surface area contributed by atoms with E-state index in [2.05, 4.69) is 4.98 Å². The summed E-state index contributed by atoms with van der Waals surface area (Å²) in [6.07, 6.45) is 6.02. The maximum absolute atomic E-state index is 12.4. The molecule has 1 saturated carbocycles. The molecule has 1 aliphatic carbocycles. The van der Waals surface area contributed by atoms with Gasteiger partial charge in [-0.05, 0) is 37.2 Å². The van der Waals surface area contributed by atoms with Crippen molar-refractivity contribution >= 4 is 5.91 Å². The van der Waals surface area contributed by atoms with Gasteiger partial charge in [-0.2, -0.15) is 0 Å². The van der Waals surface area contributed by atoms with Gasteiger partial charge in [-0.15, -0.1) is 0 Å². The van der Waals surface area contributed by atoms with Crippen molar-refractivity contribution in [2.24, 2.45) is 17.6 Å². The molecule has 0 spiro atoms. The van der Waals surface area contributed by atoms with Gasteiger partial charge in [-0.3, -0.25) is 9.78 Å². The highest BCUT2D eigenvalue weighted by atomic mass is 16.3. The fraction of sp³-hybridized carbons (Fsp3) is 0.571. The Hall–Kier alpha value is -1.62. The van der Waals surface area contributed by atoms with Crippen molar-refractivity contribution < 1.29 is 9.90 Å². The lowest BCUT2D eigenvalue weighted by molar-refractivity contribution is 0.0780. The number of hydrogen-bond donors (Lipinski definition) is 2.